The molecule has 23 heavy (non-hydrogen) atoms. The van der Waals surface area contributed by atoms with E-state index >= 15 is 0 Å². The van der Waals surface area contributed by atoms with Crippen LogP contribution >= 0.6 is 34.8 Å². The van der Waals surface area contributed by atoms with E-state index in [0.717, 1.165) is 0 Å². The fraction of sp³-hybridized carbons (Fsp3) is 0.400. The quantitative estimate of drug-likeness (QED) is 0.562. The van der Waals surface area contributed by atoms with Crippen LogP contribution in [0.1, 0.15) is 38.9 Å². The van der Waals surface area contributed by atoms with Crippen molar-refractivity contribution in [2.75, 3.05) is 0 Å². The van der Waals surface area contributed by atoms with Crippen molar-refractivity contribution >= 4 is 40.8 Å². The molecule has 5 nitrogen and oxygen atoms in total. The zero-order chi connectivity index (χ0) is 17.2. The molecular formula is C15H15Cl3N2O3. The van der Waals surface area contributed by atoms with Gasteiger partial charge in [-0.1, -0.05) is 60.7 Å². The summed E-state index contributed by atoms with van der Waals surface area (Å²) in [4.78, 5) is 16.2. The van der Waals surface area contributed by atoms with Gasteiger partial charge in [0.2, 0.25) is 5.89 Å². The summed E-state index contributed by atoms with van der Waals surface area (Å²) >= 11 is 17.7. The summed E-state index contributed by atoms with van der Waals surface area (Å²) in [6, 6.07) is 2.90. The van der Waals surface area contributed by atoms with Gasteiger partial charge in [0.1, 0.15) is 0 Å². The maximum atomic E-state index is 11.9. The van der Waals surface area contributed by atoms with Crippen molar-refractivity contribution in [1.29, 1.82) is 0 Å². The van der Waals surface area contributed by atoms with Gasteiger partial charge in [-0.15, -0.1) is 0 Å². The van der Waals surface area contributed by atoms with Gasteiger partial charge in [-0.3, -0.25) is 4.79 Å². The molecule has 1 heterocycles. The first kappa shape index (κ1) is 18.0. The monoisotopic (exact) mass is 376 g/mol. The third kappa shape index (κ3) is 4.83. The first-order chi connectivity index (χ1) is 10.7. The number of hydrogen-bond donors (Lipinski definition) is 0. The van der Waals surface area contributed by atoms with Gasteiger partial charge in [-0.05, 0) is 12.1 Å². The van der Waals surface area contributed by atoms with E-state index in [4.69, 9.17) is 44.1 Å². The van der Waals surface area contributed by atoms with E-state index < -0.39 is 5.97 Å². The third-order valence-electron chi connectivity index (χ3n) is 2.86. The van der Waals surface area contributed by atoms with E-state index in [1.807, 2.05) is 20.8 Å². The Labute approximate surface area is 148 Å². The molecule has 0 aliphatic carbocycles. The second-order valence-corrected chi connectivity index (χ2v) is 7.19. The van der Waals surface area contributed by atoms with E-state index in [1.54, 1.807) is 0 Å². The number of aromatic nitrogens is 2. The summed E-state index contributed by atoms with van der Waals surface area (Å²) in [5.41, 5.74) is -0.216. The van der Waals surface area contributed by atoms with Gasteiger partial charge in [0.05, 0.1) is 16.5 Å². The van der Waals surface area contributed by atoms with Crippen molar-refractivity contribution in [3.05, 3.63) is 38.9 Å². The van der Waals surface area contributed by atoms with Crippen LogP contribution in [0, 0.1) is 0 Å². The first-order valence-corrected chi connectivity index (χ1v) is 7.98. The lowest BCUT2D eigenvalue weighted by molar-refractivity contribution is -0.134. The molecule has 0 aliphatic rings. The highest BCUT2D eigenvalue weighted by molar-refractivity contribution is 6.40. The van der Waals surface area contributed by atoms with E-state index in [9.17, 15) is 4.79 Å². The number of ether oxygens (including phenoxy) is 1. The Balaban J connectivity index is 1.97. The van der Waals surface area contributed by atoms with E-state index in [2.05, 4.69) is 10.1 Å². The number of nitrogens with zero attached hydrogens (tertiary/aromatic N) is 2. The zero-order valence-electron chi connectivity index (χ0n) is 12.8. The smallest absolute Gasteiger partial charge is 0.311 e. The number of rotatable bonds is 4. The van der Waals surface area contributed by atoms with E-state index in [1.165, 1.54) is 12.1 Å². The van der Waals surface area contributed by atoms with Crippen LogP contribution in [-0.4, -0.2) is 16.1 Å². The molecule has 1 aromatic carbocycles. The lowest BCUT2D eigenvalue weighted by atomic mass is 9.96. The minimum atomic E-state index is -0.508. The van der Waals surface area contributed by atoms with Crippen LogP contribution in [-0.2, 0) is 16.6 Å². The second-order valence-electron chi connectivity index (χ2n) is 5.93. The fourth-order valence-corrected chi connectivity index (χ4v) is 2.56. The van der Waals surface area contributed by atoms with Crippen LogP contribution in [0.3, 0.4) is 0 Å². The molecular weight excluding hydrogens is 363 g/mol. The topological polar surface area (TPSA) is 65.2 Å². The van der Waals surface area contributed by atoms with E-state index in [-0.39, 0.29) is 34.1 Å². The molecule has 2 aromatic rings. The highest BCUT2D eigenvalue weighted by Crippen LogP contribution is 2.36. The average molecular weight is 378 g/mol. The van der Waals surface area contributed by atoms with Gasteiger partial charge in [0.15, 0.2) is 11.6 Å². The number of esters is 1. The lowest BCUT2D eigenvalue weighted by Gasteiger charge is -2.10. The second kappa shape index (κ2) is 7.07. The van der Waals surface area contributed by atoms with Crippen molar-refractivity contribution in [1.82, 2.24) is 10.1 Å². The number of carbonyl (C=O) groups is 1. The Morgan fingerprint density at radius 2 is 1.83 bits per heavy atom. The molecule has 0 radical (unpaired) electrons. The Morgan fingerprint density at radius 1 is 1.22 bits per heavy atom. The van der Waals surface area contributed by atoms with Crippen LogP contribution in [0.4, 0.5) is 0 Å². The normalized spacial score (nSPS) is 11.6. The van der Waals surface area contributed by atoms with Crippen LogP contribution in [0.25, 0.3) is 0 Å². The minimum absolute atomic E-state index is 0.0566. The predicted molar refractivity (Wildman–Crippen MR) is 88.4 cm³/mol. The molecule has 0 atom stereocenters. The van der Waals surface area contributed by atoms with Crippen molar-refractivity contribution < 1.29 is 14.1 Å². The molecule has 1 aromatic heterocycles. The number of benzene rings is 1. The highest BCUT2D eigenvalue weighted by atomic mass is 35.5. The van der Waals surface area contributed by atoms with Crippen LogP contribution in [0.5, 0.6) is 5.75 Å². The molecule has 2 rings (SSSR count). The predicted octanol–water partition coefficient (Wildman–Crippen LogP) is 4.87. The molecule has 0 saturated carbocycles. The molecule has 0 aliphatic heterocycles. The molecule has 0 spiro atoms. The zero-order valence-corrected chi connectivity index (χ0v) is 15.1. The fourth-order valence-electron chi connectivity index (χ4n) is 1.66. The van der Waals surface area contributed by atoms with Gasteiger partial charge < -0.3 is 9.26 Å². The van der Waals surface area contributed by atoms with Crippen molar-refractivity contribution in [3.63, 3.8) is 0 Å². The number of halogens is 3. The van der Waals surface area contributed by atoms with Crippen LogP contribution in [0.2, 0.25) is 15.1 Å². The van der Waals surface area contributed by atoms with Gasteiger partial charge in [-0.25, -0.2) is 0 Å². The van der Waals surface area contributed by atoms with Gasteiger partial charge in [0.25, 0.3) is 0 Å². The Hall–Kier alpha value is -1.30. The summed E-state index contributed by atoms with van der Waals surface area (Å²) in [6.45, 7) is 5.92. The summed E-state index contributed by atoms with van der Waals surface area (Å²) in [7, 11) is 0. The van der Waals surface area contributed by atoms with Gasteiger partial charge in [0, 0.05) is 16.9 Å². The minimum Gasteiger partial charge on any atom is -0.423 e. The Kier molecular flexibility index (Phi) is 5.55. The van der Waals surface area contributed by atoms with Gasteiger partial charge in [-0.2, -0.15) is 4.98 Å². The summed E-state index contributed by atoms with van der Waals surface area (Å²) in [5.74, 6) is 0.542. The lowest BCUT2D eigenvalue weighted by Crippen LogP contribution is -2.13. The molecule has 8 heteroatoms. The van der Waals surface area contributed by atoms with Gasteiger partial charge >= 0.3 is 5.97 Å². The maximum absolute atomic E-state index is 11.9. The highest BCUT2D eigenvalue weighted by Gasteiger charge is 2.21. The summed E-state index contributed by atoms with van der Waals surface area (Å²) in [5, 5.41) is 4.59. The summed E-state index contributed by atoms with van der Waals surface area (Å²) in [6.07, 6.45) is 0.325. The van der Waals surface area contributed by atoms with E-state index in [0.29, 0.717) is 16.7 Å². The number of hydrogen-bond acceptors (Lipinski definition) is 5. The first-order valence-electron chi connectivity index (χ1n) is 6.85. The molecule has 0 bridgehead atoms. The Bertz CT molecular complexity index is 700. The maximum Gasteiger partial charge on any atom is 0.311 e. The standard InChI is InChI=1S/C15H15Cl3N2O3/c1-15(2,3)14-19-11(23-20-14)4-5-12(21)22-13-9(17)6-8(16)7-10(13)18/h6-7H,4-5H2,1-3H3. The molecule has 0 fully saturated rings. The van der Waals surface area contributed by atoms with Crippen molar-refractivity contribution in [2.45, 2.75) is 39.0 Å². The molecule has 0 amide bonds. The Morgan fingerprint density at radius 3 is 2.35 bits per heavy atom. The van der Waals surface area contributed by atoms with Crippen molar-refractivity contribution in [3.8, 4) is 5.75 Å². The SMILES string of the molecule is CC(C)(C)c1noc(CCC(=O)Oc2c(Cl)cc(Cl)cc2Cl)n1. The average Bonchev–Trinajstić information content (AvgIpc) is 2.89. The van der Waals surface area contributed by atoms with Crippen LogP contribution in [0.15, 0.2) is 16.7 Å². The number of aryl methyl sites for hydroxylation is 1. The molecule has 0 saturated heterocycles. The summed E-state index contributed by atoms with van der Waals surface area (Å²) < 4.78 is 10.3. The third-order valence-corrected chi connectivity index (χ3v) is 3.64. The molecule has 0 unspecified atom stereocenters. The molecule has 0 N–H and O–H groups in total. The largest absolute Gasteiger partial charge is 0.423 e. The molecule has 124 valence electrons. The van der Waals surface area contributed by atoms with Crippen molar-refractivity contribution in [2.24, 2.45) is 0 Å². The van der Waals surface area contributed by atoms with Crippen LogP contribution < -0.4 is 4.74 Å². The number of carbonyl (C=O) groups excluding carboxylic acids is 1.